The van der Waals surface area contributed by atoms with E-state index in [0.717, 1.165) is 15.9 Å². The number of halogens is 1. The molecule has 3 rings (SSSR count). The van der Waals surface area contributed by atoms with Crippen LogP contribution in [0.1, 0.15) is 18.9 Å². The van der Waals surface area contributed by atoms with Gasteiger partial charge in [-0.1, -0.05) is 33.8 Å². The molecule has 1 N–H and O–H groups in total. The zero-order valence-corrected chi connectivity index (χ0v) is 18.7. The van der Waals surface area contributed by atoms with Gasteiger partial charge in [0.25, 0.3) is 0 Å². The molecular formula is C20H21BrN4O3S. The maximum atomic E-state index is 12.2. The van der Waals surface area contributed by atoms with Crippen molar-refractivity contribution in [2.75, 3.05) is 18.2 Å². The Labute approximate surface area is 181 Å². The second-order valence-electron chi connectivity index (χ2n) is 6.18. The molecule has 1 atom stereocenters. The van der Waals surface area contributed by atoms with Gasteiger partial charge in [0.2, 0.25) is 5.91 Å². The maximum Gasteiger partial charge on any atom is 0.234 e. The molecule has 1 unspecified atom stereocenters. The summed E-state index contributed by atoms with van der Waals surface area (Å²) in [5, 5.41) is 11.9. The highest BCUT2D eigenvalue weighted by Gasteiger charge is 2.18. The number of hydrogen-bond donors (Lipinski definition) is 1. The minimum Gasteiger partial charge on any atom is -0.497 e. The summed E-state index contributed by atoms with van der Waals surface area (Å²) < 4.78 is 13.8. The second kappa shape index (κ2) is 9.80. The van der Waals surface area contributed by atoms with E-state index < -0.39 is 0 Å². The summed E-state index contributed by atoms with van der Waals surface area (Å²) in [4.78, 5) is 12.2. The zero-order valence-electron chi connectivity index (χ0n) is 16.3. The van der Waals surface area contributed by atoms with Crippen molar-refractivity contribution in [1.29, 1.82) is 0 Å². The SMILES string of the molecule is COc1ccc(OC(C)c2nnc(SCC(=O)Nc3cccc(Br)c3)n2C)cc1. The average Bonchev–Trinajstić information content (AvgIpc) is 3.07. The summed E-state index contributed by atoms with van der Waals surface area (Å²) in [7, 11) is 3.48. The second-order valence-corrected chi connectivity index (χ2v) is 8.04. The molecule has 9 heteroatoms. The molecule has 0 bridgehead atoms. The first kappa shape index (κ1) is 21.2. The summed E-state index contributed by atoms with van der Waals surface area (Å²) in [5.74, 6) is 2.27. The van der Waals surface area contributed by atoms with Gasteiger partial charge in [0, 0.05) is 17.2 Å². The fraction of sp³-hybridized carbons (Fsp3) is 0.250. The van der Waals surface area contributed by atoms with E-state index in [0.29, 0.717) is 16.7 Å². The Morgan fingerprint density at radius 1 is 1.21 bits per heavy atom. The number of nitrogens with one attached hydrogen (secondary N) is 1. The Hall–Kier alpha value is -2.52. The van der Waals surface area contributed by atoms with E-state index in [-0.39, 0.29) is 17.8 Å². The standard InChI is InChI=1S/C20H21BrN4O3S/c1-13(28-17-9-7-16(27-3)8-10-17)19-23-24-20(25(19)2)29-12-18(26)22-15-6-4-5-14(21)11-15/h4-11,13H,12H2,1-3H3,(H,22,26). The van der Waals surface area contributed by atoms with Crippen molar-refractivity contribution in [3.05, 3.63) is 58.8 Å². The lowest BCUT2D eigenvalue weighted by Crippen LogP contribution is -2.14. The van der Waals surface area contributed by atoms with E-state index >= 15 is 0 Å². The van der Waals surface area contributed by atoms with Gasteiger partial charge < -0.3 is 19.4 Å². The van der Waals surface area contributed by atoms with Gasteiger partial charge in [0.05, 0.1) is 12.9 Å². The van der Waals surface area contributed by atoms with Crippen LogP contribution in [-0.2, 0) is 11.8 Å². The van der Waals surface area contributed by atoms with Gasteiger partial charge in [-0.3, -0.25) is 4.79 Å². The van der Waals surface area contributed by atoms with Crippen molar-refractivity contribution in [1.82, 2.24) is 14.8 Å². The van der Waals surface area contributed by atoms with Crippen molar-refractivity contribution in [3.8, 4) is 11.5 Å². The number of anilines is 1. The Morgan fingerprint density at radius 3 is 2.62 bits per heavy atom. The molecule has 152 valence electrons. The Kier molecular flexibility index (Phi) is 7.16. The third-order valence-corrected chi connectivity index (χ3v) is 5.56. The smallest absolute Gasteiger partial charge is 0.234 e. The number of thioether (sulfide) groups is 1. The highest BCUT2D eigenvalue weighted by atomic mass is 79.9. The summed E-state index contributed by atoms with van der Waals surface area (Å²) in [5.41, 5.74) is 0.741. The molecule has 0 aliphatic rings. The normalized spacial score (nSPS) is 11.7. The predicted octanol–water partition coefficient (Wildman–Crippen LogP) is 4.46. The van der Waals surface area contributed by atoms with Crippen LogP contribution in [0.4, 0.5) is 5.69 Å². The van der Waals surface area contributed by atoms with Gasteiger partial charge in [0.15, 0.2) is 17.1 Å². The Balaban J connectivity index is 1.57. The lowest BCUT2D eigenvalue weighted by molar-refractivity contribution is -0.113. The van der Waals surface area contributed by atoms with E-state index in [2.05, 4.69) is 31.4 Å². The molecule has 1 amide bonds. The summed E-state index contributed by atoms with van der Waals surface area (Å²) in [6, 6.07) is 14.8. The summed E-state index contributed by atoms with van der Waals surface area (Å²) in [6.07, 6.45) is -0.300. The van der Waals surface area contributed by atoms with Crippen molar-refractivity contribution < 1.29 is 14.3 Å². The molecule has 0 spiro atoms. The van der Waals surface area contributed by atoms with Crippen molar-refractivity contribution in [3.63, 3.8) is 0 Å². The topological polar surface area (TPSA) is 78.3 Å². The van der Waals surface area contributed by atoms with Gasteiger partial charge in [0.1, 0.15) is 11.5 Å². The molecule has 3 aromatic rings. The number of aromatic nitrogens is 3. The van der Waals surface area contributed by atoms with Crippen LogP contribution in [-0.4, -0.2) is 33.5 Å². The lowest BCUT2D eigenvalue weighted by Gasteiger charge is -2.14. The van der Waals surface area contributed by atoms with E-state index in [1.165, 1.54) is 11.8 Å². The summed E-state index contributed by atoms with van der Waals surface area (Å²) >= 11 is 4.71. The van der Waals surface area contributed by atoms with Crippen LogP contribution in [0.2, 0.25) is 0 Å². The lowest BCUT2D eigenvalue weighted by atomic mass is 10.3. The van der Waals surface area contributed by atoms with Crippen LogP contribution in [0.3, 0.4) is 0 Å². The third kappa shape index (κ3) is 5.74. The van der Waals surface area contributed by atoms with Crippen molar-refractivity contribution in [2.45, 2.75) is 18.2 Å². The van der Waals surface area contributed by atoms with Crippen LogP contribution in [0.5, 0.6) is 11.5 Å². The van der Waals surface area contributed by atoms with Gasteiger partial charge >= 0.3 is 0 Å². The largest absolute Gasteiger partial charge is 0.497 e. The highest BCUT2D eigenvalue weighted by molar-refractivity contribution is 9.10. The van der Waals surface area contributed by atoms with Crippen molar-refractivity contribution >= 4 is 39.3 Å². The van der Waals surface area contributed by atoms with Gasteiger partial charge in [-0.05, 0) is 49.4 Å². The van der Waals surface area contributed by atoms with Gasteiger partial charge in [-0.2, -0.15) is 0 Å². The van der Waals surface area contributed by atoms with E-state index in [1.54, 1.807) is 7.11 Å². The molecule has 1 aromatic heterocycles. The predicted molar refractivity (Wildman–Crippen MR) is 117 cm³/mol. The number of ether oxygens (including phenoxy) is 2. The first-order valence-corrected chi connectivity index (χ1v) is 10.6. The average molecular weight is 477 g/mol. The fourth-order valence-electron chi connectivity index (χ4n) is 2.61. The van der Waals surface area contributed by atoms with Gasteiger partial charge in [-0.25, -0.2) is 0 Å². The number of carbonyl (C=O) groups excluding carboxylic acids is 1. The van der Waals surface area contributed by atoms with Crippen LogP contribution in [0.25, 0.3) is 0 Å². The molecule has 0 radical (unpaired) electrons. The van der Waals surface area contributed by atoms with Crippen LogP contribution < -0.4 is 14.8 Å². The van der Waals surface area contributed by atoms with E-state index in [4.69, 9.17) is 9.47 Å². The minimum absolute atomic E-state index is 0.111. The number of nitrogens with zero attached hydrogens (tertiary/aromatic N) is 3. The molecule has 0 aliphatic carbocycles. The molecule has 7 nitrogen and oxygen atoms in total. The molecular weight excluding hydrogens is 456 g/mol. The molecule has 0 saturated carbocycles. The number of hydrogen-bond acceptors (Lipinski definition) is 6. The summed E-state index contributed by atoms with van der Waals surface area (Å²) in [6.45, 7) is 1.91. The molecule has 0 saturated heterocycles. The first-order valence-electron chi connectivity index (χ1n) is 8.84. The monoisotopic (exact) mass is 476 g/mol. The van der Waals surface area contributed by atoms with Crippen LogP contribution in [0.15, 0.2) is 58.2 Å². The highest BCUT2D eigenvalue weighted by Crippen LogP contribution is 2.25. The van der Waals surface area contributed by atoms with Gasteiger partial charge in [-0.15, -0.1) is 10.2 Å². The molecule has 0 aliphatic heterocycles. The fourth-order valence-corrected chi connectivity index (χ4v) is 3.73. The van der Waals surface area contributed by atoms with Crippen LogP contribution in [0, 0.1) is 0 Å². The van der Waals surface area contributed by atoms with Crippen LogP contribution >= 0.6 is 27.7 Å². The number of carbonyl (C=O) groups is 1. The van der Waals surface area contributed by atoms with E-state index in [9.17, 15) is 4.79 Å². The Bertz CT molecular complexity index is 978. The maximum absolute atomic E-state index is 12.2. The molecule has 0 fully saturated rings. The number of benzene rings is 2. The Morgan fingerprint density at radius 2 is 1.93 bits per heavy atom. The molecule has 1 heterocycles. The molecule has 2 aromatic carbocycles. The molecule has 29 heavy (non-hydrogen) atoms. The quantitative estimate of drug-likeness (QED) is 0.483. The minimum atomic E-state index is -0.300. The number of methoxy groups -OCH3 is 1. The first-order chi connectivity index (χ1) is 14.0. The number of amides is 1. The zero-order chi connectivity index (χ0) is 20.8. The van der Waals surface area contributed by atoms with E-state index in [1.807, 2.05) is 67.1 Å². The van der Waals surface area contributed by atoms with Crippen molar-refractivity contribution in [2.24, 2.45) is 7.05 Å². The third-order valence-electron chi connectivity index (χ3n) is 4.05. The number of rotatable bonds is 8.